The van der Waals surface area contributed by atoms with Gasteiger partial charge in [-0.1, -0.05) is 72.8 Å². The SMILES string of the molecule is CS(=O)(=O)Cc1cccc(C(=O)NCc2cn(Cc3ccccc3)nc2-c2ccccc2)c1. The normalized spacial score (nSPS) is 11.3. The van der Waals surface area contributed by atoms with Gasteiger partial charge in [-0.3, -0.25) is 9.48 Å². The molecule has 1 N–H and O–H groups in total. The Bertz CT molecular complexity index is 1350. The third-order valence-electron chi connectivity index (χ3n) is 5.13. The molecule has 0 aliphatic carbocycles. The topological polar surface area (TPSA) is 81.1 Å². The minimum absolute atomic E-state index is 0.0987. The number of sulfone groups is 1. The molecule has 0 aliphatic rings. The lowest BCUT2D eigenvalue weighted by Gasteiger charge is -2.07. The lowest BCUT2D eigenvalue weighted by Crippen LogP contribution is -2.23. The van der Waals surface area contributed by atoms with Crippen LogP contribution in [0.25, 0.3) is 11.3 Å². The number of carbonyl (C=O) groups excluding carboxylic acids is 1. The first-order valence-electron chi connectivity index (χ1n) is 10.6. The first-order valence-corrected chi connectivity index (χ1v) is 12.6. The Morgan fingerprint density at radius 1 is 0.909 bits per heavy atom. The molecule has 168 valence electrons. The Kier molecular flexibility index (Phi) is 6.70. The standard InChI is InChI=1S/C26H25N3O3S/c1-33(31,32)19-21-11-8-14-23(15-21)26(30)27-16-24-18-29(17-20-9-4-2-5-10-20)28-25(24)22-12-6-3-7-13-22/h2-15,18H,16-17,19H2,1H3,(H,27,30). The molecule has 1 amide bonds. The summed E-state index contributed by atoms with van der Waals surface area (Å²) >= 11 is 0. The molecular formula is C26H25N3O3S. The average molecular weight is 460 g/mol. The molecule has 0 bridgehead atoms. The van der Waals surface area contributed by atoms with E-state index in [2.05, 4.69) is 17.4 Å². The molecule has 1 aromatic heterocycles. The molecule has 6 nitrogen and oxygen atoms in total. The van der Waals surface area contributed by atoms with E-state index >= 15 is 0 Å². The summed E-state index contributed by atoms with van der Waals surface area (Å²) in [5.41, 5.74) is 4.84. The lowest BCUT2D eigenvalue weighted by atomic mass is 10.1. The predicted octanol–water partition coefficient (Wildman–Crippen LogP) is 4.07. The summed E-state index contributed by atoms with van der Waals surface area (Å²) in [6, 6.07) is 26.6. The van der Waals surface area contributed by atoms with Crippen LogP contribution in [0.4, 0.5) is 0 Å². The first-order chi connectivity index (χ1) is 15.9. The molecule has 33 heavy (non-hydrogen) atoms. The van der Waals surface area contributed by atoms with Gasteiger partial charge in [-0.05, 0) is 23.3 Å². The smallest absolute Gasteiger partial charge is 0.251 e. The van der Waals surface area contributed by atoms with Crippen LogP contribution >= 0.6 is 0 Å². The molecule has 1 heterocycles. The summed E-state index contributed by atoms with van der Waals surface area (Å²) in [5, 5.41) is 7.73. The number of rotatable bonds is 8. The van der Waals surface area contributed by atoms with Crippen molar-refractivity contribution in [3.8, 4) is 11.3 Å². The van der Waals surface area contributed by atoms with Crippen molar-refractivity contribution >= 4 is 15.7 Å². The fourth-order valence-corrected chi connectivity index (χ4v) is 4.45. The van der Waals surface area contributed by atoms with Crippen molar-refractivity contribution in [3.63, 3.8) is 0 Å². The van der Waals surface area contributed by atoms with Crippen molar-refractivity contribution in [1.29, 1.82) is 0 Å². The highest BCUT2D eigenvalue weighted by atomic mass is 32.2. The van der Waals surface area contributed by atoms with Crippen LogP contribution in [0.15, 0.2) is 91.1 Å². The molecule has 4 rings (SSSR count). The van der Waals surface area contributed by atoms with E-state index in [4.69, 9.17) is 5.10 Å². The number of hydrogen-bond donors (Lipinski definition) is 1. The van der Waals surface area contributed by atoms with Crippen molar-refractivity contribution in [2.75, 3.05) is 6.26 Å². The molecule has 0 fully saturated rings. The van der Waals surface area contributed by atoms with Gasteiger partial charge in [0, 0.05) is 35.7 Å². The zero-order valence-electron chi connectivity index (χ0n) is 18.3. The van der Waals surface area contributed by atoms with Crippen LogP contribution in [0.5, 0.6) is 0 Å². The summed E-state index contributed by atoms with van der Waals surface area (Å²) in [6.45, 7) is 0.927. The number of hydrogen-bond acceptors (Lipinski definition) is 4. The van der Waals surface area contributed by atoms with E-state index < -0.39 is 9.84 Å². The molecular weight excluding hydrogens is 434 g/mol. The second-order valence-corrected chi connectivity index (χ2v) is 10.1. The zero-order chi connectivity index (χ0) is 23.3. The highest BCUT2D eigenvalue weighted by Gasteiger charge is 2.14. The average Bonchev–Trinajstić information content (AvgIpc) is 3.20. The van der Waals surface area contributed by atoms with Gasteiger partial charge in [0.2, 0.25) is 0 Å². The van der Waals surface area contributed by atoms with Crippen LogP contribution in [0, 0.1) is 0 Å². The van der Waals surface area contributed by atoms with Gasteiger partial charge >= 0.3 is 0 Å². The van der Waals surface area contributed by atoms with E-state index in [1.807, 2.05) is 59.4 Å². The monoisotopic (exact) mass is 459 g/mol. The summed E-state index contributed by atoms with van der Waals surface area (Å²) in [6.07, 6.45) is 3.13. The fourth-order valence-electron chi connectivity index (χ4n) is 3.67. The maximum atomic E-state index is 12.8. The molecule has 0 atom stereocenters. The van der Waals surface area contributed by atoms with E-state index in [1.54, 1.807) is 24.3 Å². The van der Waals surface area contributed by atoms with Crippen LogP contribution in [-0.4, -0.2) is 30.4 Å². The molecule has 7 heteroatoms. The summed E-state index contributed by atoms with van der Waals surface area (Å²) in [5.74, 6) is -0.362. The van der Waals surface area contributed by atoms with Crippen LogP contribution in [-0.2, 0) is 28.7 Å². The lowest BCUT2D eigenvalue weighted by molar-refractivity contribution is 0.0951. The van der Waals surface area contributed by atoms with Crippen LogP contribution in [0.2, 0.25) is 0 Å². The number of carbonyl (C=O) groups is 1. The second kappa shape index (κ2) is 9.83. The largest absolute Gasteiger partial charge is 0.348 e. The molecule has 0 spiro atoms. The maximum Gasteiger partial charge on any atom is 0.251 e. The maximum absolute atomic E-state index is 12.8. The van der Waals surface area contributed by atoms with Crippen LogP contribution in [0.3, 0.4) is 0 Å². The molecule has 0 unspecified atom stereocenters. The molecule has 0 saturated heterocycles. The van der Waals surface area contributed by atoms with Gasteiger partial charge in [0.15, 0.2) is 9.84 Å². The number of benzene rings is 3. The number of aromatic nitrogens is 2. The molecule has 4 aromatic rings. The van der Waals surface area contributed by atoms with Gasteiger partial charge in [0.1, 0.15) is 0 Å². The Hall–Kier alpha value is -3.71. The minimum atomic E-state index is -3.18. The van der Waals surface area contributed by atoms with Gasteiger partial charge in [0.25, 0.3) is 5.91 Å². The van der Waals surface area contributed by atoms with E-state index in [-0.39, 0.29) is 11.7 Å². The van der Waals surface area contributed by atoms with Crippen LogP contribution in [0.1, 0.15) is 27.0 Å². The van der Waals surface area contributed by atoms with E-state index in [0.717, 1.165) is 22.4 Å². The van der Waals surface area contributed by atoms with Crippen molar-refractivity contribution in [2.24, 2.45) is 0 Å². The van der Waals surface area contributed by atoms with Crippen molar-refractivity contribution in [3.05, 3.63) is 113 Å². The second-order valence-electron chi connectivity index (χ2n) is 8.01. The summed E-state index contributed by atoms with van der Waals surface area (Å²) in [7, 11) is -3.18. The summed E-state index contributed by atoms with van der Waals surface area (Å²) < 4.78 is 25.1. The van der Waals surface area contributed by atoms with Crippen molar-refractivity contribution in [1.82, 2.24) is 15.1 Å². The first kappa shape index (κ1) is 22.5. The molecule has 0 saturated carbocycles. The third kappa shape index (κ3) is 6.17. The number of nitrogens with one attached hydrogen (secondary N) is 1. The Morgan fingerprint density at radius 3 is 2.27 bits per heavy atom. The van der Waals surface area contributed by atoms with E-state index in [9.17, 15) is 13.2 Å². The quantitative estimate of drug-likeness (QED) is 0.431. The van der Waals surface area contributed by atoms with Gasteiger partial charge < -0.3 is 5.32 Å². The molecule has 0 aliphatic heterocycles. The fraction of sp³-hybridized carbons (Fsp3) is 0.154. The predicted molar refractivity (Wildman–Crippen MR) is 129 cm³/mol. The molecule has 0 radical (unpaired) electrons. The van der Waals surface area contributed by atoms with Gasteiger partial charge in [-0.2, -0.15) is 5.10 Å². The highest BCUT2D eigenvalue weighted by Crippen LogP contribution is 2.22. The van der Waals surface area contributed by atoms with Gasteiger partial charge in [-0.15, -0.1) is 0 Å². The van der Waals surface area contributed by atoms with Gasteiger partial charge in [0.05, 0.1) is 18.0 Å². The highest BCUT2D eigenvalue weighted by molar-refractivity contribution is 7.89. The van der Waals surface area contributed by atoms with Crippen LogP contribution < -0.4 is 5.32 Å². The Morgan fingerprint density at radius 2 is 1.58 bits per heavy atom. The number of nitrogens with zero attached hydrogens (tertiary/aromatic N) is 2. The summed E-state index contributed by atoms with van der Waals surface area (Å²) in [4.78, 5) is 12.8. The minimum Gasteiger partial charge on any atom is -0.348 e. The van der Waals surface area contributed by atoms with E-state index in [1.165, 1.54) is 6.26 Å². The Balaban J connectivity index is 1.54. The number of amides is 1. The zero-order valence-corrected chi connectivity index (χ0v) is 19.1. The van der Waals surface area contributed by atoms with Crippen molar-refractivity contribution < 1.29 is 13.2 Å². The van der Waals surface area contributed by atoms with Gasteiger partial charge in [-0.25, -0.2) is 8.42 Å². The van der Waals surface area contributed by atoms with E-state index in [0.29, 0.717) is 24.2 Å². The third-order valence-corrected chi connectivity index (χ3v) is 5.99. The molecule has 3 aromatic carbocycles. The Labute approximate surface area is 193 Å². The van der Waals surface area contributed by atoms with Crippen molar-refractivity contribution in [2.45, 2.75) is 18.8 Å².